The lowest BCUT2D eigenvalue weighted by Crippen LogP contribution is -2.40. The molecule has 1 atom stereocenters. The van der Waals surface area contributed by atoms with Crippen LogP contribution < -0.4 is 5.32 Å². The highest BCUT2D eigenvalue weighted by Gasteiger charge is 2.23. The minimum atomic E-state index is 0.190. The van der Waals surface area contributed by atoms with E-state index in [1.165, 1.54) is 0 Å². The second-order valence-corrected chi connectivity index (χ2v) is 6.65. The first-order valence-electron chi connectivity index (χ1n) is 9.15. The summed E-state index contributed by atoms with van der Waals surface area (Å²) in [5.41, 5.74) is 1.04. The number of rotatable bonds is 7. The van der Waals surface area contributed by atoms with Gasteiger partial charge in [0.1, 0.15) is 11.6 Å². The molecule has 2 aromatic heterocycles. The molecule has 6 nitrogen and oxygen atoms in total. The van der Waals surface area contributed by atoms with Crippen molar-refractivity contribution < 1.29 is 9.53 Å². The molecule has 1 N–H and O–H groups in total. The third-order valence-corrected chi connectivity index (χ3v) is 4.62. The first-order valence-corrected chi connectivity index (χ1v) is 9.15. The van der Waals surface area contributed by atoms with Crippen LogP contribution in [-0.2, 0) is 16.0 Å². The average molecular weight is 354 g/mol. The van der Waals surface area contributed by atoms with Crippen molar-refractivity contribution in [3.63, 3.8) is 0 Å². The number of methoxy groups -OCH3 is 1. The van der Waals surface area contributed by atoms with E-state index >= 15 is 0 Å². The minimum absolute atomic E-state index is 0.190. The van der Waals surface area contributed by atoms with Crippen molar-refractivity contribution >= 4 is 17.5 Å². The Kier molecular flexibility index (Phi) is 6.55. The van der Waals surface area contributed by atoms with Gasteiger partial charge in [-0.15, -0.1) is 0 Å². The van der Waals surface area contributed by atoms with Gasteiger partial charge in [0.15, 0.2) is 0 Å². The molecule has 0 bridgehead atoms. The van der Waals surface area contributed by atoms with Crippen LogP contribution in [0.4, 0.5) is 11.6 Å². The summed E-state index contributed by atoms with van der Waals surface area (Å²) in [6.45, 7) is 2.15. The lowest BCUT2D eigenvalue weighted by Gasteiger charge is -2.32. The number of amides is 1. The number of carbonyl (C=O) groups is 1. The molecule has 3 rings (SSSR count). The molecule has 0 radical (unpaired) electrons. The molecule has 0 aromatic carbocycles. The fourth-order valence-corrected chi connectivity index (χ4v) is 3.33. The average Bonchev–Trinajstić information content (AvgIpc) is 2.67. The Labute approximate surface area is 154 Å². The molecule has 1 aliphatic heterocycles. The summed E-state index contributed by atoms with van der Waals surface area (Å²) in [5.74, 6) is 2.22. The molecule has 138 valence electrons. The molecule has 1 amide bonds. The van der Waals surface area contributed by atoms with Crippen LogP contribution in [-0.4, -0.2) is 47.6 Å². The van der Waals surface area contributed by atoms with Crippen LogP contribution in [0.3, 0.4) is 0 Å². The van der Waals surface area contributed by atoms with Gasteiger partial charge in [0.2, 0.25) is 5.91 Å². The summed E-state index contributed by atoms with van der Waals surface area (Å²) in [6, 6.07) is 11.8. The molecule has 0 spiro atoms. The number of pyridine rings is 2. The Bertz CT molecular complexity index is 708. The van der Waals surface area contributed by atoms with E-state index in [1.54, 1.807) is 13.3 Å². The normalized spacial score (nSPS) is 17.1. The number of aromatic nitrogens is 2. The topological polar surface area (TPSA) is 67.3 Å². The van der Waals surface area contributed by atoms with Crippen molar-refractivity contribution in [1.82, 2.24) is 14.9 Å². The number of likely N-dealkylation sites (tertiary alicyclic amines) is 1. The van der Waals surface area contributed by atoms with E-state index in [0.29, 0.717) is 18.9 Å². The molecule has 6 heteroatoms. The lowest BCUT2D eigenvalue weighted by atomic mass is 9.93. The number of hydrogen-bond acceptors (Lipinski definition) is 5. The second kappa shape index (κ2) is 9.29. The Morgan fingerprint density at radius 3 is 2.96 bits per heavy atom. The van der Waals surface area contributed by atoms with Gasteiger partial charge >= 0.3 is 0 Å². The van der Waals surface area contributed by atoms with Gasteiger partial charge in [-0.05, 0) is 49.4 Å². The van der Waals surface area contributed by atoms with Crippen molar-refractivity contribution in [3.05, 3.63) is 48.3 Å². The van der Waals surface area contributed by atoms with Crippen LogP contribution in [0, 0.1) is 5.92 Å². The quantitative estimate of drug-likeness (QED) is 0.828. The predicted octanol–water partition coefficient (Wildman–Crippen LogP) is 3.04. The van der Waals surface area contributed by atoms with Gasteiger partial charge in [0, 0.05) is 32.1 Å². The zero-order chi connectivity index (χ0) is 18.2. The molecular formula is C20H26N4O2. The first kappa shape index (κ1) is 18.3. The fraction of sp³-hybridized carbons (Fsp3) is 0.450. The third-order valence-electron chi connectivity index (χ3n) is 4.62. The zero-order valence-electron chi connectivity index (χ0n) is 15.2. The fourth-order valence-electron chi connectivity index (χ4n) is 3.33. The van der Waals surface area contributed by atoms with E-state index in [9.17, 15) is 4.79 Å². The number of nitrogens with zero attached hydrogens (tertiary/aromatic N) is 3. The van der Waals surface area contributed by atoms with Gasteiger partial charge in [0.25, 0.3) is 0 Å². The third kappa shape index (κ3) is 5.26. The molecule has 2 aromatic rings. The van der Waals surface area contributed by atoms with Crippen LogP contribution in [0.15, 0.2) is 42.6 Å². The molecule has 1 saturated heterocycles. The monoisotopic (exact) mass is 354 g/mol. The van der Waals surface area contributed by atoms with Gasteiger partial charge in [-0.25, -0.2) is 9.97 Å². The predicted molar refractivity (Wildman–Crippen MR) is 101 cm³/mol. The van der Waals surface area contributed by atoms with E-state index < -0.39 is 0 Å². The standard InChI is InChI=1S/C20H26N4O2/c1-26-13-10-20(25)24-12-5-6-16(15-24)14-17-7-4-9-19(22-17)23-18-8-2-3-11-21-18/h2-4,7-9,11,16H,5-6,10,12-15H2,1H3,(H,21,22,23)/t16-/m0/s1. The molecule has 3 heterocycles. The lowest BCUT2D eigenvalue weighted by molar-refractivity contribution is -0.133. The van der Waals surface area contributed by atoms with Crippen LogP contribution in [0.2, 0.25) is 0 Å². The minimum Gasteiger partial charge on any atom is -0.384 e. The Morgan fingerprint density at radius 1 is 1.27 bits per heavy atom. The van der Waals surface area contributed by atoms with E-state index in [2.05, 4.69) is 16.4 Å². The molecule has 0 aliphatic carbocycles. The summed E-state index contributed by atoms with van der Waals surface area (Å²) in [7, 11) is 1.63. The highest BCUT2D eigenvalue weighted by Crippen LogP contribution is 2.22. The Balaban J connectivity index is 1.58. The van der Waals surface area contributed by atoms with Gasteiger partial charge in [0.05, 0.1) is 13.0 Å². The molecule has 0 unspecified atom stereocenters. The maximum atomic E-state index is 12.2. The van der Waals surface area contributed by atoms with Crippen molar-refractivity contribution in [1.29, 1.82) is 0 Å². The number of piperidine rings is 1. The van der Waals surface area contributed by atoms with Gasteiger partial charge in [-0.3, -0.25) is 4.79 Å². The van der Waals surface area contributed by atoms with Crippen LogP contribution in [0.1, 0.15) is 25.0 Å². The summed E-state index contributed by atoms with van der Waals surface area (Å²) in [6.07, 6.45) is 5.28. The number of anilines is 2. The molecule has 1 aliphatic rings. The highest BCUT2D eigenvalue weighted by atomic mass is 16.5. The maximum absolute atomic E-state index is 12.2. The molecular weight excluding hydrogens is 328 g/mol. The summed E-state index contributed by atoms with van der Waals surface area (Å²) in [5, 5.41) is 3.23. The van der Waals surface area contributed by atoms with E-state index in [0.717, 1.165) is 49.7 Å². The van der Waals surface area contributed by atoms with E-state index in [-0.39, 0.29) is 5.91 Å². The smallest absolute Gasteiger partial charge is 0.224 e. The Hall–Kier alpha value is -2.47. The number of nitrogens with one attached hydrogen (secondary N) is 1. The van der Waals surface area contributed by atoms with Crippen LogP contribution >= 0.6 is 0 Å². The van der Waals surface area contributed by atoms with Gasteiger partial charge < -0.3 is 15.0 Å². The number of ether oxygens (including phenoxy) is 1. The summed E-state index contributed by atoms with van der Waals surface area (Å²) >= 11 is 0. The highest BCUT2D eigenvalue weighted by molar-refractivity contribution is 5.76. The van der Waals surface area contributed by atoms with Crippen molar-refractivity contribution in [2.75, 3.05) is 32.1 Å². The summed E-state index contributed by atoms with van der Waals surface area (Å²) in [4.78, 5) is 23.2. The molecule has 26 heavy (non-hydrogen) atoms. The van der Waals surface area contributed by atoms with Gasteiger partial charge in [-0.1, -0.05) is 12.1 Å². The molecule has 0 saturated carbocycles. The van der Waals surface area contributed by atoms with Crippen molar-refractivity contribution in [2.24, 2.45) is 5.92 Å². The first-order chi connectivity index (χ1) is 12.7. The Morgan fingerprint density at radius 2 is 2.15 bits per heavy atom. The van der Waals surface area contributed by atoms with Crippen LogP contribution in [0.5, 0.6) is 0 Å². The number of hydrogen-bond donors (Lipinski definition) is 1. The van der Waals surface area contributed by atoms with Crippen LogP contribution in [0.25, 0.3) is 0 Å². The van der Waals surface area contributed by atoms with Crippen molar-refractivity contribution in [3.8, 4) is 0 Å². The largest absolute Gasteiger partial charge is 0.384 e. The van der Waals surface area contributed by atoms with E-state index in [1.807, 2.05) is 35.2 Å². The maximum Gasteiger partial charge on any atom is 0.224 e. The molecule has 1 fully saturated rings. The zero-order valence-corrected chi connectivity index (χ0v) is 15.2. The second-order valence-electron chi connectivity index (χ2n) is 6.65. The van der Waals surface area contributed by atoms with Gasteiger partial charge in [-0.2, -0.15) is 0 Å². The van der Waals surface area contributed by atoms with E-state index in [4.69, 9.17) is 9.72 Å². The van der Waals surface area contributed by atoms with Crippen molar-refractivity contribution in [2.45, 2.75) is 25.7 Å². The number of carbonyl (C=O) groups excluding carboxylic acids is 1. The summed E-state index contributed by atoms with van der Waals surface area (Å²) < 4.78 is 5.02. The SMILES string of the molecule is COCCC(=O)N1CCC[C@@H](Cc2cccc(Nc3ccccn3)n2)C1.